The molecule has 0 aliphatic carbocycles. The van der Waals surface area contributed by atoms with E-state index in [0.29, 0.717) is 31.5 Å². The van der Waals surface area contributed by atoms with Gasteiger partial charge in [0, 0.05) is 32.1 Å². The first-order valence-corrected chi connectivity index (χ1v) is 8.36. The highest BCUT2D eigenvalue weighted by Gasteiger charge is 2.06. The highest BCUT2D eigenvalue weighted by Crippen LogP contribution is 2.19. The minimum absolute atomic E-state index is 0. The van der Waals surface area contributed by atoms with Crippen LogP contribution in [0, 0.1) is 6.92 Å². The molecule has 0 aliphatic heterocycles. The summed E-state index contributed by atoms with van der Waals surface area (Å²) in [4.78, 5) is 19.8. The Kier molecular flexibility index (Phi) is 9.71. The Morgan fingerprint density at radius 1 is 1.15 bits per heavy atom. The molecule has 0 aliphatic rings. The van der Waals surface area contributed by atoms with E-state index >= 15 is 0 Å². The van der Waals surface area contributed by atoms with Gasteiger partial charge in [-0.2, -0.15) is 0 Å². The van der Waals surface area contributed by atoms with Gasteiger partial charge in [0.05, 0.1) is 6.54 Å². The Labute approximate surface area is 171 Å². The third kappa shape index (κ3) is 7.42. The van der Waals surface area contributed by atoms with E-state index < -0.39 is 0 Å². The van der Waals surface area contributed by atoms with Crippen molar-refractivity contribution in [2.24, 2.45) is 4.99 Å². The number of aliphatic imine (C=N–C) groups is 1. The average Bonchev–Trinajstić information content (AvgIpc) is 3.06. The molecule has 0 spiro atoms. The lowest BCUT2D eigenvalue weighted by molar-refractivity contribution is -0.118. The lowest BCUT2D eigenvalue weighted by atomic mass is 10.1. The maximum atomic E-state index is 10.9. The molecule has 0 saturated carbocycles. The van der Waals surface area contributed by atoms with Crippen LogP contribution in [0.4, 0.5) is 0 Å². The van der Waals surface area contributed by atoms with Gasteiger partial charge >= 0.3 is 0 Å². The van der Waals surface area contributed by atoms with Crippen molar-refractivity contribution in [1.82, 2.24) is 20.9 Å². The number of carbonyl (C=O) groups excluding carboxylic acids is 1. The molecule has 2 rings (SSSR count). The lowest BCUT2D eigenvalue weighted by Crippen LogP contribution is -2.41. The molecule has 1 aromatic heterocycles. The molecule has 0 radical (unpaired) electrons. The van der Waals surface area contributed by atoms with Gasteiger partial charge in [0.25, 0.3) is 0 Å². The van der Waals surface area contributed by atoms with Crippen LogP contribution < -0.4 is 16.0 Å². The fraction of sp³-hybridized carbons (Fsp3) is 0.389. The van der Waals surface area contributed by atoms with Gasteiger partial charge in [0.15, 0.2) is 5.96 Å². The van der Waals surface area contributed by atoms with Crippen LogP contribution in [0.5, 0.6) is 0 Å². The number of benzene rings is 1. The molecule has 0 bridgehead atoms. The lowest BCUT2D eigenvalue weighted by Gasteiger charge is -2.10. The van der Waals surface area contributed by atoms with Crippen LogP contribution in [0.2, 0.25) is 0 Å². The van der Waals surface area contributed by atoms with Crippen molar-refractivity contribution in [1.29, 1.82) is 0 Å². The van der Waals surface area contributed by atoms with E-state index in [-0.39, 0.29) is 29.9 Å². The first-order valence-electron chi connectivity index (χ1n) is 8.36. The number of rotatable bonds is 7. The Morgan fingerprint density at radius 3 is 2.50 bits per heavy atom. The molecule has 3 N–H and O–H groups in total. The molecule has 1 aromatic carbocycles. The van der Waals surface area contributed by atoms with E-state index in [0.717, 1.165) is 17.8 Å². The van der Waals surface area contributed by atoms with Crippen molar-refractivity contribution in [3.05, 3.63) is 41.8 Å². The molecule has 1 amide bonds. The zero-order valence-electron chi connectivity index (χ0n) is 15.3. The third-order valence-electron chi connectivity index (χ3n) is 3.39. The van der Waals surface area contributed by atoms with Gasteiger partial charge in [-0.15, -0.1) is 24.0 Å². The summed E-state index contributed by atoms with van der Waals surface area (Å²) < 4.78 is 5.54. The molecule has 0 unspecified atom stereocenters. The maximum absolute atomic E-state index is 10.9. The fourth-order valence-electron chi connectivity index (χ4n) is 2.13. The molecule has 2 aromatic rings. The number of nitrogens with zero attached hydrogens (tertiary/aromatic N) is 2. The molecular formula is C18H26IN5O2. The quantitative estimate of drug-likeness (QED) is 0.250. The molecule has 26 heavy (non-hydrogen) atoms. The van der Waals surface area contributed by atoms with Crippen LogP contribution in [0.3, 0.4) is 0 Å². The molecule has 0 saturated heterocycles. The van der Waals surface area contributed by atoms with E-state index in [4.69, 9.17) is 4.42 Å². The van der Waals surface area contributed by atoms with Gasteiger partial charge in [-0.3, -0.25) is 4.79 Å². The molecule has 0 atom stereocenters. The van der Waals surface area contributed by atoms with Gasteiger partial charge in [0.1, 0.15) is 12.0 Å². The topological polar surface area (TPSA) is 91.6 Å². The van der Waals surface area contributed by atoms with E-state index in [2.05, 4.69) is 25.9 Å². The van der Waals surface area contributed by atoms with Crippen molar-refractivity contribution in [2.75, 3.05) is 19.6 Å². The Balaban J connectivity index is 0.00000338. The summed E-state index contributed by atoms with van der Waals surface area (Å²) >= 11 is 0. The number of aromatic nitrogens is 1. The molecule has 142 valence electrons. The van der Waals surface area contributed by atoms with Crippen LogP contribution in [-0.4, -0.2) is 36.5 Å². The second-order valence-corrected chi connectivity index (χ2v) is 5.61. The number of guanidine groups is 1. The number of aryl methyl sites for hydroxylation is 1. The first kappa shape index (κ1) is 21.9. The minimum Gasteiger partial charge on any atom is -0.444 e. The Morgan fingerprint density at radius 2 is 1.85 bits per heavy atom. The zero-order valence-corrected chi connectivity index (χ0v) is 17.7. The SMILES string of the molecule is CCNC(=NCc1coc(-c2ccc(C)cc2)n1)NCCNC(C)=O.I. The normalized spacial score (nSPS) is 10.8. The Hall–Kier alpha value is -2.10. The van der Waals surface area contributed by atoms with Crippen LogP contribution in [-0.2, 0) is 11.3 Å². The summed E-state index contributed by atoms with van der Waals surface area (Å²) in [6.45, 7) is 7.83. The monoisotopic (exact) mass is 471 g/mol. The fourth-order valence-corrected chi connectivity index (χ4v) is 2.13. The van der Waals surface area contributed by atoms with Crippen LogP contribution in [0.25, 0.3) is 11.5 Å². The van der Waals surface area contributed by atoms with Crippen molar-refractivity contribution >= 4 is 35.8 Å². The van der Waals surface area contributed by atoms with Gasteiger partial charge in [-0.05, 0) is 26.0 Å². The summed E-state index contributed by atoms with van der Waals surface area (Å²) in [5, 5.41) is 9.04. The summed E-state index contributed by atoms with van der Waals surface area (Å²) in [6, 6.07) is 8.03. The maximum Gasteiger partial charge on any atom is 0.226 e. The largest absolute Gasteiger partial charge is 0.444 e. The van der Waals surface area contributed by atoms with Crippen molar-refractivity contribution in [3.8, 4) is 11.5 Å². The molecule has 0 fully saturated rings. The predicted octanol–water partition coefficient (Wildman–Crippen LogP) is 2.46. The minimum atomic E-state index is -0.0463. The van der Waals surface area contributed by atoms with Gasteiger partial charge in [-0.1, -0.05) is 17.7 Å². The second-order valence-electron chi connectivity index (χ2n) is 5.61. The molecule has 8 heteroatoms. The van der Waals surface area contributed by atoms with E-state index in [1.165, 1.54) is 12.5 Å². The zero-order chi connectivity index (χ0) is 18.1. The molecule has 7 nitrogen and oxygen atoms in total. The molecular weight excluding hydrogens is 445 g/mol. The van der Waals surface area contributed by atoms with E-state index in [1.807, 2.05) is 38.1 Å². The summed E-state index contributed by atoms with van der Waals surface area (Å²) in [5.74, 6) is 1.22. The number of oxazole rings is 1. The van der Waals surface area contributed by atoms with Gasteiger partial charge in [-0.25, -0.2) is 9.98 Å². The predicted molar refractivity (Wildman–Crippen MR) is 114 cm³/mol. The van der Waals surface area contributed by atoms with E-state index in [9.17, 15) is 4.79 Å². The number of amides is 1. The van der Waals surface area contributed by atoms with Gasteiger partial charge in [0.2, 0.25) is 11.8 Å². The van der Waals surface area contributed by atoms with Crippen molar-refractivity contribution in [2.45, 2.75) is 27.3 Å². The summed E-state index contributed by atoms with van der Waals surface area (Å²) in [5.41, 5.74) is 2.90. The molecule has 1 heterocycles. The highest BCUT2D eigenvalue weighted by atomic mass is 127. The number of halogens is 1. The van der Waals surface area contributed by atoms with Crippen LogP contribution >= 0.6 is 24.0 Å². The third-order valence-corrected chi connectivity index (χ3v) is 3.39. The highest BCUT2D eigenvalue weighted by molar-refractivity contribution is 14.0. The number of hydrogen-bond donors (Lipinski definition) is 3. The number of hydrogen-bond acceptors (Lipinski definition) is 4. The van der Waals surface area contributed by atoms with Crippen molar-refractivity contribution in [3.63, 3.8) is 0 Å². The van der Waals surface area contributed by atoms with Crippen LogP contribution in [0.15, 0.2) is 39.9 Å². The Bertz CT molecular complexity index is 713. The van der Waals surface area contributed by atoms with E-state index in [1.54, 1.807) is 6.26 Å². The van der Waals surface area contributed by atoms with Gasteiger partial charge < -0.3 is 20.4 Å². The van der Waals surface area contributed by atoms with Crippen LogP contribution in [0.1, 0.15) is 25.1 Å². The smallest absolute Gasteiger partial charge is 0.226 e. The number of nitrogens with one attached hydrogen (secondary N) is 3. The van der Waals surface area contributed by atoms with Crippen molar-refractivity contribution < 1.29 is 9.21 Å². The summed E-state index contributed by atoms with van der Waals surface area (Å²) in [6.07, 6.45) is 1.62. The number of carbonyl (C=O) groups is 1. The summed E-state index contributed by atoms with van der Waals surface area (Å²) in [7, 11) is 0. The first-order chi connectivity index (χ1) is 12.1. The standard InChI is InChI=1S/C18H25N5O2.HI/c1-4-19-18(21-10-9-20-14(3)24)22-11-16-12-25-17(23-16)15-7-5-13(2)6-8-15;/h5-8,12H,4,9-11H2,1-3H3,(H,20,24)(H2,19,21,22);1H. The average molecular weight is 471 g/mol. The second kappa shape index (κ2) is 11.5.